The van der Waals surface area contributed by atoms with Crippen LogP contribution >= 0.6 is 0 Å². The summed E-state index contributed by atoms with van der Waals surface area (Å²) in [5.74, 6) is -2.79. The molecule has 0 fully saturated rings. The number of hydrogen-bond acceptors (Lipinski definition) is 1. The second kappa shape index (κ2) is 6.72. The van der Waals surface area contributed by atoms with Crippen molar-refractivity contribution in [2.45, 2.75) is 86.5 Å². The Bertz CT molecular complexity index is 293. The van der Waals surface area contributed by atoms with Gasteiger partial charge in [-0.1, -0.05) is 54.9 Å². The average molecular weight is 291 g/mol. The van der Waals surface area contributed by atoms with E-state index >= 15 is 0 Å². The Kier molecular flexibility index (Phi) is 6.66. The fourth-order valence-corrected chi connectivity index (χ4v) is 3.26. The molecule has 0 aromatic heterocycles. The van der Waals surface area contributed by atoms with Crippen LogP contribution in [-0.2, 0) is 0 Å². The third-order valence-corrected chi connectivity index (χ3v) is 4.56. The van der Waals surface area contributed by atoms with Gasteiger partial charge >= 0.3 is 0 Å². The Morgan fingerprint density at radius 1 is 0.800 bits per heavy atom. The average Bonchev–Trinajstić information content (AvgIpc) is 2.25. The van der Waals surface area contributed by atoms with Crippen LogP contribution in [0, 0.1) is 16.2 Å². The maximum Gasteiger partial charge on any atom is 0.265 e. The highest BCUT2D eigenvalue weighted by Gasteiger charge is 2.45. The van der Waals surface area contributed by atoms with Crippen LogP contribution in [0.5, 0.6) is 0 Å². The zero-order chi connectivity index (χ0) is 16.2. The first-order valence-electron chi connectivity index (χ1n) is 7.86. The summed E-state index contributed by atoms with van der Waals surface area (Å²) in [7, 11) is 0. The molecule has 0 unspecified atom stereocenters. The van der Waals surface area contributed by atoms with Gasteiger partial charge < -0.3 is 5.73 Å². The standard InChI is InChI=1S/C17H35F2N/c1-8-9-14(2,3)12-15(4,5)10-11-16(6,7)17(18,19)13-20/h8-13,20H2,1-7H3. The lowest BCUT2D eigenvalue weighted by Gasteiger charge is -2.39. The van der Waals surface area contributed by atoms with Gasteiger partial charge in [0.1, 0.15) is 0 Å². The summed E-state index contributed by atoms with van der Waals surface area (Å²) >= 11 is 0. The van der Waals surface area contributed by atoms with E-state index in [9.17, 15) is 8.78 Å². The molecule has 0 aliphatic heterocycles. The lowest BCUT2D eigenvalue weighted by molar-refractivity contribution is -0.104. The highest BCUT2D eigenvalue weighted by molar-refractivity contribution is 4.89. The van der Waals surface area contributed by atoms with Crippen molar-refractivity contribution >= 4 is 0 Å². The largest absolute Gasteiger partial charge is 0.325 e. The Morgan fingerprint density at radius 3 is 1.65 bits per heavy atom. The molecule has 0 aromatic carbocycles. The van der Waals surface area contributed by atoms with Crippen LogP contribution in [0.15, 0.2) is 0 Å². The van der Waals surface area contributed by atoms with Crippen molar-refractivity contribution in [1.82, 2.24) is 0 Å². The molecule has 2 N–H and O–H groups in total. The second-order valence-electron chi connectivity index (χ2n) is 8.55. The molecule has 0 saturated heterocycles. The quantitative estimate of drug-likeness (QED) is 0.585. The maximum absolute atomic E-state index is 13.8. The predicted octanol–water partition coefficient (Wildman–Crippen LogP) is 5.63. The van der Waals surface area contributed by atoms with E-state index in [2.05, 4.69) is 34.6 Å². The second-order valence-corrected chi connectivity index (χ2v) is 8.55. The van der Waals surface area contributed by atoms with Gasteiger partial charge in [-0.15, -0.1) is 0 Å². The molecule has 0 aliphatic rings. The van der Waals surface area contributed by atoms with Gasteiger partial charge in [0.2, 0.25) is 0 Å². The summed E-state index contributed by atoms with van der Waals surface area (Å²) < 4.78 is 27.7. The fraction of sp³-hybridized carbons (Fsp3) is 1.00. The minimum Gasteiger partial charge on any atom is -0.325 e. The molecule has 0 spiro atoms. The number of nitrogens with two attached hydrogens (primary N) is 1. The van der Waals surface area contributed by atoms with Crippen molar-refractivity contribution < 1.29 is 8.78 Å². The van der Waals surface area contributed by atoms with E-state index in [-0.39, 0.29) is 10.8 Å². The molecule has 122 valence electrons. The molecule has 0 bridgehead atoms. The number of hydrogen-bond donors (Lipinski definition) is 1. The molecule has 0 atom stereocenters. The summed E-state index contributed by atoms with van der Waals surface area (Å²) in [6, 6.07) is 0. The molecule has 0 rings (SSSR count). The van der Waals surface area contributed by atoms with E-state index in [0.717, 1.165) is 12.8 Å². The van der Waals surface area contributed by atoms with Gasteiger partial charge in [-0.3, -0.25) is 0 Å². The SMILES string of the molecule is CCCC(C)(C)CC(C)(C)CCC(C)(C)C(F)(F)CN. The van der Waals surface area contributed by atoms with Crippen LogP contribution in [0.2, 0.25) is 0 Å². The van der Waals surface area contributed by atoms with E-state index in [1.54, 1.807) is 13.8 Å². The highest BCUT2D eigenvalue weighted by Crippen LogP contribution is 2.45. The van der Waals surface area contributed by atoms with Gasteiger partial charge in [0.15, 0.2) is 0 Å². The third kappa shape index (κ3) is 6.07. The molecule has 3 heteroatoms. The number of rotatable bonds is 9. The Hall–Kier alpha value is -0.180. The summed E-state index contributed by atoms with van der Waals surface area (Å²) in [5, 5.41) is 0. The lowest BCUT2D eigenvalue weighted by Crippen LogP contribution is -2.43. The van der Waals surface area contributed by atoms with Gasteiger partial charge in [-0.2, -0.15) is 0 Å². The third-order valence-electron chi connectivity index (χ3n) is 4.56. The molecule has 0 amide bonds. The van der Waals surface area contributed by atoms with E-state index in [1.165, 1.54) is 12.8 Å². The van der Waals surface area contributed by atoms with Crippen LogP contribution < -0.4 is 5.73 Å². The smallest absolute Gasteiger partial charge is 0.265 e. The minimum atomic E-state index is -2.79. The van der Waals surface area contributed by atoms with Gasteiger partial charge in [-0.05, 0) is 36.5 Å². The normalized spacial score (nSPS) is 14.7. The van der Waals surface area contributed by atoms with Crippen molar-refractivity contribution in [3.05, 3.63) is 0 Å². The number of alkyl halides is 2. The zero-order valence-corrected chi connectivity index (χ0v) is 14.6. The van der Waals surface area contributed by atoms with Crippen molar-refractivity contribution in [3.63, 3.8) is 0 Å². The van der Waals surface area contributed by atoms with Crippen LogP contribution in [0.1, 0.15) is 80.6 Å². The van der Waals surface area contributed by atoms with Crippen LogP contribution in [0.25, 0.3) is 0 Å². The monoisotopic (exact) mass is 291 g/mol. The van der Waals surface area contributed by atoms with Gasteiger partial charge in [-0.25, -0.2) is 8.78 Å². The van der Waals surface area contributed by atoms with Crippen LogP contribution in [0.3, 0.4) is 0 Å². The molecule has 0 aliphatic carbocycles. The fourth-order valence-electron chi connectivity index (χ4n) is 3.26. The molecule has 0 saturated carbocycles. The number of halogens is 2. The van der Waals surface area contributed by atoms with Crippen LogP contribution in [-0.4, -0.2) is 12.5 Å². The predicted molar refractivity (Wildman–Crippen MR) is 84.1 cm³/mol. The lowest BCUT2D eigenvalue weighted by atomic mass is 9.68. The van der Waals surface area contributed by atoms with Crippen molar-refractivity contribution in [2.75, 3.05) is 6.54 Å². The van der Waals surface area contributed by atoms with Crippen molar-refractivity contribution in [2.24, 2.45) is 22.0 Å². The zero-order valence-electron chi connectivity index (χ0n) is 14.6. The Morgan fingerprint density at radius 2 is 1.25 bits per heavy atom. The Balaban J connectivity index is 4.64. The van der Waals surface area contributed by atoms with Gasteiger partial charge in [0.05, 0.1) is 6.54 Å². The highest BCUT2D eigenvalue weighted by atomic mass is 19.3. The van der Waals surface area contributed by atoms with E-state index < -0.39 is 17.9 Å². The van der Waals surface area contributed by atoms with Crippen LogP contribution in [0.4, 0.5) is 8.78 Å². The molecule has 0 heterocycles. The van der Waals surface area contributed by atoms with Gasteiger partial charge in [0, 0.05) is 5.41 Å². The minimum absolute atomic E-state index is 0.0839. The summed E-state index contributed by atoms with van der Waals surface area (Å²) in [4.78, 5) is 0. The molecular formula is C17H35F2N. The first kappa shape index (κ1) is 19.8. The van der Waals surface area contributed by atoms with Crippen molar-refractivity contribution in [1.29, 1.82) is 0 Å². The Labute approximate surface area is 124 Å². The van der Waals surface area contributed by atoms with Gasteiger partial charge in [0.25, 0.3) is 5.92 Å². The first-order valence-corrected chi connectivity index (χ1v) is 7.86. The molecule has 20 heavy (non-hydrogen) atoms. The topological polar surface area (TPSA) is 26.0 Å². The molecule has 1 nitrogen and oxygen atoms in total. The molecule has 0 radical (unpaired) electrons. The van der Waals surface area contributed by atoms with E-state index in [0.29, 0.717) is 6.42 Å². The summed E-state index contributed by atoms with van der Waals surface area (Å²) in [6.45, 7) is 13.8. The summed E-state index contributed by atoms with van der Waals surface area (Å²) in [6.07, 6.45) is 4.73. The van der Waals surface area contributed by atoms with E-state index in [4.69, 9.17) is 5.73 Å². The first-order chi connectivity index (χ1) is 8.79. The van der Waals surface area contributed by atoms with E-state index in [1.807, 2.05) is 0 Å². The molecular weight excluding hydrogens is 256 g/mol. The maximum atomic E-state index is 13.8. The van der Waals surface area contributed by atoms with Crippen molar-refractivity contribution in [3.8, 4) is 0 Å². The summed E-state index contributed by atoms with van der Waals surface area (Å²) in [5.41, 5.74) is 4.55. The molecule has 0 aromatic rings.